The van der Waals surface area contributed by atoms with E-state index in [0.29, 0.717) is 12.8 Å². The van der Waals surface area contributed by atoms with E-state index in [-0.39, 0.29) is 31.6 Å². The fourth-order valence-corrected chi connectivity index (χ4v) is 7.06. The standard InChI is InChI=1S/C63H100O6/c1-4-7-10-13-16-19-22-25-28-30-31-33-35-38-41-44-47-50-53-56-62(65)68-59-60(58-67-61(64)55-52-49-46-43-40-37-34-27-24-21-18-15-12-9-6-3)69-63(66)57-54-51-48-45-42-39-36-32-29-26-23-20-17-14-11-8-5-2/h7,9-10,12,16,18-19,21,25-29,31,33-34,38,40-41,43,49,52,60H,4-6,8,11,13-15,17,20,22-24,30,32,35-37,39,42,44-48,50-51,53-59H2,1-3H3/b10-7-,12-9-,19-16-,21-18-,28-25-,29-26-,33-31-,34-27-,41-38-,43-40-,52-49-. The van der Waals surface area contributed by atoms with E-state index in [2.05, 4.69) is 142 Å². The first kappa shape index (κ1) is 64.5. The van der Waals surface area contributed by atoms with Gasteiger partial charge in [0, 0.05) is 12.8 Å². The summed E-state index contributed by atoms with van der Waals surface area (Å²) in [6.45, 7) is 6.27. The Labute approximate surface area is 424 Å². The van der Waals surface area contributed by atoms with E-state index in [1.165, 1.54) is 77.0 Å². The van der Waals surface area contributed by atoms with Crippen LogP contribution in [0.5, 0.6) is 0 Å². The van der Waals surface area contributed by atoms with Crippen molar-refractivity contribution in [2.75, 3.05) is 13.2 Å². The Balaban J connectivity index is 4.58. The number of rotatable bonds is 48. The second-order valence-electron chi connectivity index (χ2n) is 17.7. The predicted octanol–water partition coefficient (Wildman–Crippen LogP) is 18.6. The van der Waals surface area contributed by atoms with Gasteiger partial charge in [-0.3, -0.25) is 14.4 Å². The molecule has 0 aliphatic carbocycles. The normalized spacial score (nSPS) is 13.1. The summed E-state index contributed by atoms with van der Waals surface area (Å²) < 4.78 is 16.7. The highest BCUT2D eigenvalue weighted by atomic mass is 16.6. The second kappa shape index (κ2) is 56.1. The van der Waals surface area contributed by atoms with Gasteiger partial charge in [-0.05, 0) is 116 Å². The maximum Gasteiger partial charge on any atom is 0.309 e. The Morgan fingerprint density at radius 1 is 0.319 bits per heavy atom. The minimum atomic E-state index is -0.839. The van der Waals surface area contributed by atoms with Crippen LogP contribution >= 0.6 is 0 Å². The number of esters is 3. The van der Waals surface area contributed by atoms with E-state index in [0.717, 1.165) is 109 Å². The quantitative estimate of drug-likeness (QED) is 0.0262. The molecule has 1 unspecified atom stereocenters. The Morgan fingerprint density at radius 3 is 1.04 bits per heavy atom. The lowest BCUT2D eigenvalue weighted by Gasteiger charge is -2.18. The van der Waals surface area contributed by atoms with Gasteiger partial charge < -0.3 is 14.2 Å². The molecule has 0 saturated heterocycles. The lowest BCUT2D eigenvalue weighted by atomic mass is 10.1. The first-order valence-corrected chi connectivity index (χ1v) is 27.7. The highest BCUT2D eigenvalue weighted by molar-refractivity contribution is 5.72. The summed E-state index contributed by atoms with van der Waals surface area (Å²) in [6.07, 6.45) is 78.9. The maximum atomic E-state index is 12.8. The number of hydrogen-bond donors (Lipinski definition) is 0. The molecule has 0 aromatic heterocycles. The molecule has 69 heavy (non-hydrogen) atoms. The minimum absolute atomic E-state index is 0.115. The van der Waals surface area contributed by atoms with Crippen LogP contribution < -0.4 is 0 Å². The van der Waals surface area contributed by atoms with E-state index in [1.807, 2.05) is 6.08 Å². The van der Waals surface area contributed by atoms with E-state index < -0.39 is 12.1 Å². The number of carbonyl (C=O) groups excluding carboxylic acids is 3. The molecule has 0 aliphatic rings. The molecule has 0 radical (unpaired) electrons. The third kappa shape index (κ3) is 54.4. The highest BCUT2D eigenvalue weighted by Crippen LogP contribution is 2.13. The second-order valence-corrected chi connectivity index (χ2v) is 17.7. The Bertz CT molecular complexity index is 1510. The summed E-state index contributed by atoms with van der Waals surface area (Å²) >= 11 is 0. The molecule has 0 saturated carbocycles. The molecule has 1 atom stereocenters. The summed E-state index contributed by atoms with van der Waals surface area (Å²) in [5, 5.41) is 0. The van der Waals surface area contributed by atoms with Crippen molar-refractivity contribution in [2.45, 2.75) is 232 Å². The lowest BCUT2D eigenvalue weighted by molar-refractivity contribution is -0.166. The molecular formula is C63H100O6. The smallest absolute Gasteiger partial charge is 0.309 e. The van der Waals surface area contributed by atoms with Crippen molar-refractivity contribution in [3.05, 3.63) is 134 Å². The average Bonchev–Trinajstić information content (AvgIpc) is 3.35. The zero-order valence-electron chi connectivity index (χ0n) is 44.3. The van der Waals surface area contributed by atoms with Crippen LogP contribution in [0.4, 0.5) is 0 Å². The van der Waals surface area contributed by atoms with Gasteiger partial charge in [0.05, 0.1) is 6.42 Å². The molecule has 0 spiro atoms. The Hall–Kier alpha value is -4.45. The molecule has 0 aromatic rings. The zero-order valence-corrected chi connectivity index (χ0v) is 44.3. The van der Waals surface area contributed by atoms with Crippen molar-refractivity contribution in [1.82, 2.24) is 0 Å². The van der Waals surface area contributed by atoms with Crippen LogP contribution in [0.25, 0.3) is 0 Å². The summed E-state index contributed by atoms with van der Waals surface area (Å²) in [4.78, 5) is 38.1. The van der Waals surface area contributed by atoms with Crippen molar-refractivity contribution in [1.29, 1.82) is 0 Å². The van der Waals surface area contributed by atoms with Gasteiger partial charge in [0.2, 0.25) is 0 Å². The summed E-state index contributed by atoms with van der Waals surface area (Å²) in [7, 11) is 0. The van der Waals surface area contributed by atoms with E-state index >= 15 is 0 Å². The molecule has 6 nitrogen and oxygen atoms in total. The first-order valence-electron chi connectivity index (χ1n) is 27.7. The monoisotopic (exact) mass is 953 g/mol. The number of carbonyl (C=O) groups is 3. The number of allylic oxidation sites excluding steroid dienone is 21. The predicted molar refractivity (Wildman–Crippen MR) is 297 cm³/mol. The molecule has 0 heterocycles. The van der Waals surface area contributed by atoms with Gasteiger partial charge in [0.25, 0.3) is 0 Å². The maximum absolute atomic E-state index is 12.8. The van der Waals surface area contributed by atoms with E-state index in [4.69, 9.17) is 14.2 Å². The van der Waals surface area contributed by atoms with E-state index in [1.54, 1.807) is 6.08 Å². The average molecular weight is 953 g/mol. The number of unbranched alkanes of at least 4 members (excludes halogenated alkanes) is 16. The van der Waals surface area contributed by atoms with Crippen LogP contribution in [-0.4, -0.2) is 37.2 Å². The lowest BCUT2D eigenvalue weighted by Crippen LogP contribution is -2.30. The van der Waals surface area contributed by atoms with Gasteiger partial charge in [-0.25, -0.2) is 0 Å². The molecule has 6 heteroatoms. The van der Waals surface area contributed by atoms with Crippen molar-refractivity contribution >= 4 is 17.9 Å². The molecular weight excluding hydrogens is 853 g/mol. The van der Waals surface area contributed by atoms with Gasteiger partial charge in [0.1, 0.15) is 13.2 Å². The van der Waals surface area contributed by atoms with Crippen molar-refractivity contribution in [2.24, 2.45) is 0 Å². The van der Waals surface area contributed by atoms with Gasteiger partial charge >= 0.3 is 17.9 Å². The minimum Gasteiger partial charge on any atom is -0.462 e. The fourth-order valence-electron chi connectivity index (χ4n) is 7.06. The fraction of sp³-hybridized carbons (Fsp3) is 0.603. The Morgan fingerprint density at radius 2 is 0.623 bits per heavy atom. The zero-order chi connectivity index (χ0) is 50.0. The van der Waals surface area contributed by atoms with E-state index in [9.17, 15) is 14.4 Å². The molecule has 0 rings (SSSR count). The molecule has 0 N–H and O–H groups in total. The first-order chi connectivity index (χ1) is 34.0. The summed E-state index contributed by atoms with van der Waals surface area (Å²) in [6, 6.07) is 0. The van der Waals surface area contributed by atoms with Crippen molar-refractivity contribution in [3.8, 4) is 0 Å². The van der Waals surface area contributed by atoms with Crippen LogP contribution in [0.1, 0.15) is 226 Å². The summed E-state index contributed by atoms with van der Waals surface area (Å²) in [5.74, 6) is -1.10. The number of ether oxygens (including phenoxy) is 3. The molecule has 388 valence electrons. The van der Waals surface area contributed by atoms with Gasteiger partial charge in [0.15, 0.2) is 6.10 Å². The third-order valence-electron chi connectivity index (χ3n) is 11.2. The molecule has 0 aliphatic heterocycles. The molecule has 0 fully saturated rings. The van der Waals surface area contributed by atoms with Crippen LogP contribution in [0.3, 0.4) is 0 Å². The van der Waals surface area contributed by atoms with Crippen LogP contribution in [0, 0.1) is 0 Å². The number of hydrogen-bond acceptors (Lipinski definition) is 6. The van der Waals surface area contributed by atoms with Gasteiger partial charge in [-0.15, -0.1) is 0 Å². The van der Waals surface area contributed by atoms with Crippen LogP contribution in [0.15, 0.2) is 134 Å². The SMILES string of the molecule is CC/C=C\C/C=C\C/C=C\C/C=C\C/C=C\CCCCCC(=O)OCC(COC(=O)C/C=C\C/C=C\C/C=C\C/C=C\C/C=C\CC)OC(=O)CCCCCCCCC/C=C\CCCCCCCC. The molecule has 0 amide bonds. The van der Waals surface area contributed by atoms with Crippen molar-refractivity contribution < 1.29 is 28.6 Å². The largest absolute Gasteiger partial charge is 0.462 e. The van der Waals surface area contributed by atoms with Gasteiger partial charge in [-0.2, -0.15) is 0 Å². The Kier molecular flexibility index (Phi) is 52.5. The third-order valence-corrected chi connectivity index (χ3v) is 11.2. The van der Waals surface area contributed by atoms with Gasteiger partial charge in [-0.1, -0.05) is 225 Å². The molecule has 0 aromatic carbocycles. The van der Waals surface area contributed by atoms with Crippen LogP contribution in [-0.2, 0) is 28.6 Å². The highest BCUT2D eigenvalue weighted by Gasteiger charge is 2.19. The van der Waals surface area contributed by atoms with Crippen LogP contribution in [0.2, 0.25) is 0 Å². The van der Waals surface area contributed by atoms with Crippen molar-refractivity contribution in [3.63, 3.8) is 0 Å². The molecule has 0 bridgehead atoms. The summed E-state index contributed by atoms with van der Waals surface area (Å²) in [5.41, 5.74) is 0. The topological polar surface area (TPSA) is 78.9 Å².